The van der Waals surface area contributed by atoms with Crippen LogP contribution in [-0.4, -0.2) is 31.7 Å². The molecule has 1 aromatic rings. The second-order valence-corrected chi connectivity index (χ2v) is 5.88. The van der Waals surface area contributed by atoms with Crippen molar-refractivity contribution in [1.29, 1.82) is 0 Å². The smallest absolute Gasteiger partial charge is 0.220 e. The SMILES string of the molecule is CN(C)c1ccc(N2C(N)=NC(N)=NC23CCCC3)cc1.Cl. The minimum Gasteiger partial charge on any atom is -0.378 e. The van der Waals surface area contributed by atoms with Crippen LogP contribution < -0.4 is 21.3 Å². The van der Waals surface area contributed by atoms with Crippen molar-refractivity contribution < 1.29 is 0 Å². The molecule has 4 N–H and O–H groups in total. The first-order valence-corrected chi connectivity index (χ1v) is 7.29. The number of aliphatic imine (C=N–C) groups is 2. The van der Waals surface area contributed by atoms with E-state index in [2.05, 4.69) is 39.2 Å². The highest BCUT2D eigenvalue weighted by molar-refractivity contribution is 6.05. The first-order valence-electron chi connectivity index (χ1n) is 7.29. The van der Waals surface area contributed by atoms with Gasteiger partial charge in [0.05, 0.1) is 0 Å². The third kappa shape index (κ3) is 2.70. The van der Waals surface area contributed by atoms with Gasteiger partial charge in [-0.15, -0.1) is 12.4 Å². The predicted molar refractivity (Wildman–Crippen MR) is 94.9 cm³/mol. The Morgan fingerprint density at radius 1 is 1.09 bits per heavy atom. The van der Waals surface area contributed by atoms with E-state index in [4.69, 9.17) is 11.5 Å². The standard InChI is InChI=1S/C15H22N6.ClH/c1-20(2)11-5-7-12(8-6-11)21-14(17)18-13(16)19-15(21)9-3-4-10-15;/h5-8H,3-4,9-10H2,1-2H3,(H4,16,17,18,19);1H. The van der Waals surface area contributed by atoms with E-state index >= 15 is 0 Å². The largest absolute Gasteiger partial charge is 0.378 e. The molecule has 1 aromatic carbocycles. The number of benzene rings is 1. The fraction of sp³-hybridized carbons (Fsp3) is 0.467. The van der Waals surface area contributed by atoms with Crippen molar-refractivity contribution in [3.05, 3.63) is 24.3 Å². The summed E-state index contributed by atoms with van der Waals surface area (Å²) in [6.45, 7) is 0. The molecule has 0 atom stereocenters. The molecule has 1 heterocycles. The van der Waals surface area contributed by atoms with Crippen LogP contribution in [0.4, 0.5) is 11.4 Å². The van der Waals surface area contributed by atoms with Crippen LogP contribution in [0.2, 0.25) is 0 Å². The molecule has 1 aliphatic heterocycles. The lowest BCUT2D eigenvalue weighted by Gasteiger charge is -2.41. The van der Waals surface area contributed by atoms with Crippen LogP contribution in [0.5, 0.6) is 0 Å². The summed E-state index contributed by atoms with van der Waals surface area (Å²) in [4.78, 5) is 12.9. The van der Waals surface area contributed by atoms with Gasteiger partial charge in [0, 0.05) is 25.5 Å². The maximum Gasteiger partial charge on any atom is 0.220 e. The molecule has 1 saturated carbocycles. The van der Waals surface area contributed by atoms with Crippen LogP contribution in [0, 0.1) is 0 Å². The monoisotopic (exact) mass is 322 g/mol. The van der Waals surface area contributed by atoms with Crippen molar-refractivity contribution >= 4 is 35.7 Å². The number of nitrogens with two attached hydrogens (primary N) is 2. The van der Waals surface area contributed by atoms with Gasteiger partial charge in [-0.25, -0.2) is 4.99 Å². The Morgan fingerprint density at radius 3 is 2.23 bits per heavy atom. The number of nitrogens with zero attached hydrogens (tertiary/aromatic N) is 4. The van der Waals surface area contributed by atoms with E-state index in [0.29, 0.717) is 5.96 Å². The van der Waals surface area contributed by atoms with Gasteiger partial charge >= 0.3 is 0 Å². The molecule has 1 fully saturated rings. The molecule has 3 rings (SSSR count). The average Bonchev–Trinajstić information content (AvgIpc) is 2.86. The van der Waals surface area contributed by atoms with E-state index in [-0.39, 0.29) is 24.0 Å². The van der Waals surface area contributed by atoms with Crippen LogP contribution in [0.25, 0.3) is 0 Å². The van der Waals surface area contributed by atoms with Crippen LogP contribution in [-0.2, 0) is 0 Å². The third-order valence-electron chi connectivity index (χ3n) is 4.23. The highest BCUT2D eigenvalue weighted by Gasteiger charge is 2.43. The number of guanidine groups is 2. The normalized spacial score (nSPS) is 19.5. The molecular weight excluding hydrogens is 300 g/mol. The van der Waals surface area contributed by atoms with E-state index in [9.17, 15) is 0 Å². The molecule has 2 aliphatic rings. The summed E-state index contributed by atoms with van der Waals surface area (Å²) in [6, 6.07) is 8.28. The molecular formula is C15H23ClN6. The number of halogens is 1. The molecule has 1 spiro atoms. The fourth-order valence-corrected chi connectivity index (χ4v) is 3.22. The number of hydrogen-bond acceptors (Lipinski definition) is 6. The summed E-state index contributed by atoms with van der Waals surface area (Å²) in [5.41, 5.74) is 13.8. The zero-order valence-electron chi connectivity index (χ0n) is 13.0. The highest BCUT2D eigenvalue weighted by Crippen LogP contribution is 2.40. The maximum atomic E-state index is 6.16. The molecule has 0 aromatic heterocycles. The van der Waals surface area contributed by atoms with Crippen molar-refractivity contribution in [1.82, 2.24) is 0 Å². The second kappa shape index (κ2) is 6.04. The van der Waals surface area contributed by atoms with E-state index in [1.54, 1.807) is 0 Å². The molecule has 0 unspecified atom stereocenters. The first-order chi connectivity index (χ1) is 10.0. The van der Waals surface area contributed by atoms with Crippen LogP contribution in [0.1, 0.15) is 25.7 Å². The van der Waals surface area contributed by atoms with Gasteiger partial charge in [0.15, 0.2) is 0 Å². The zero-order chi connectivity index (χ0) is 15.0. The number of anilines is 2. The third-order valence-corrected chi connectivity index (χ3v) is 4.23. The van der Waals surface area contributed by atoms with Gasteiger partial charge in [0.25, 0.3) is 0 Å². The molecule has 0 saturated heterocycles. The van der Waals surface area contributed by atoms with Gasteiger partial charge in [-0.1, -0.05) is 0 Å². The molecule has 120 valence electrons. The summed E-state index contributed by atoms with van der Waals surface area (Å²) < 4.78 is 0. The van der Waals surface area contributed by atoms with Crippen LogP contribution in [0.15, 0.2) is 34.3 Å². The predicted octanol–water partition coefficient (Wildman–Crippen LogP) is 1.89. The lowest BCUT2D eigenvalue weighted by Crippen LogP contribution is -2.56. The van der Waals surface area contributed by atoms with Gasteiger partial charge in [0.1, 0.15) is 5.66 Å². The summed E-state index contributed by atoms with van der Waals surface area (Å²) in [5.74, 6) is 0.720. The Hall–Kier alpha value is -1.95. The molecule has 6 nitrogen and oxygen atoms in total. The second-order valence-electron chi connectivity index (χ2n) is 5.88. The first kappa shape index (κ1) is 16.4. The van der Waals surface area contributed by atoms with Crippen LogP contribution in [0.3, 0.4) is 0 Å². The van der Waals surface area contributed by atoms with Gasteiger partial charge in [0.2, 0.25) is 11.9 Å². The van der Waals surface area contributed by atoms with Gasteiger partial charge in [-0.3, -0.25) is 4.90 Å². The zero-order valence-corrected chi connectivity index (χ0v) is 13.8. The molecule has 0 amide bonds. The van der Waals surface area contributed by atoms with E-state index in [1.807, 2.05) is 19.0 Å². The van der Waals surface area contributed by atoms with Crippen molar-refractivity contribution in [2.75, 3.05) is 23.9 Å². The van der Waals surface area contributed by atoms with Gasteiger partial charge < -0.3 is 16.4 Å². The van der Waals surface area contributed by atoms with Gasteiger partial charge in [-0.2, -0.15) is 4.99 Å². The molecule has 0 radical (unpaired) electrons. The summed E-state index contributed by atoms with van der Waals surface area (Å²) in [7, 11) is 4.05. The molecule has 22 heavy (non-hydrogen) atoms. The highest BCUT2D eigenvalue weighted by atomic mass is 35.5. The molecule has 0 bridgehead atoms. The van der Waals surface area contributed by atoms with Crippen LogP contribution >= 0.6 is 12.4 Å². The van der Waals surface area contributed by atoms with E-state index in [0.717, 1.165) is 37.1 Å². The Morgan fingerprint density at radius 2 is 1.68 bits per heavy atom. The number of hydrogen-bond donors (Lipinski definition) is 2. The van der Waals surface area contributed by atoms with Crippen molar-refractivity contribution in [3.8, 4) is 0 Å². The summed E-state index contributed by atoms with van der Waals surface area (Å²) in [5, 5.41) is 0. The van der Waals surface area contributed by atoms with Crippen molar-refractivity contribution in [2.45, 2.75) is 31.3 Å². The van der Waals surface area contributed by atoms with Gasteiger partial charge in [-0.05, 0) is 49.9 Å². The Balaban J connectivity index is 0.00000176. The summed E-state index contributed by atoms with van der Waals surface area (Å²) in [6.07, 6.45) is 4.19. The summed E-state index contributed by atoms with van der Waals surface area (Å²) >= 11 is 0. The lowest BCUT2D eigenvalue weighted by molar-refractivity contribution is 0.452. The lowest BCUT2D eigenvalue weighted by atomic mass is 10.1. The molecule has 1 aliphatic carbocycles. The quantitative estimate of drug-likeness (QED) is 0.871. The molecule has 7 heteroatoms. The Labute approximate surface area is 137 Å². The Kier molecular flexibility index (Phi) is 4.51. The van der Waals surface area contributed by atoms with E-state index < -0.39 is 0 Å². The fourth-order valence-electron chi connectivity index (χ4n) is 3.22. The average molecular weight is 323 g/mol. The van der Waals surface area contributed by atoms with Crippen molar-refractivity contribution in [2.24, 2.45) is 21.5 Å². The number of rotatable bonds is 2. The van der Waals surface area contributed by atoms with E-state index in [1.165, 1.54) is 0 Å². The topological polar surface area (TPSA) is 83.2 Å². The van der Waals surface area contributed by atoms with Crippen molar-refractivity contribution in [3.63, 3.8) is 0 Å². The Bertz CT molecular complexity index is 587. The minimum atomic E-state index is -0.352. The maximum absolute atomic E-state index is 6.16. The minimum absolute atomic E-state index is 0.